The van der Waals surface area contributed by atoms with Gasteiger partial charge in [-0.2, -0.15) is 0 Å². The smallest absolute Gasteiger partial charge is 0.348 e. The van der Waals surface area contributed by atoms with Gasteiger partial charge in [0.05, 0.1) is 18.8 Å². The van der Waals surface area contributed by atoms with E-state index in [2.05, 4.69) is 10.2 Å². The Labute approximate surface area is 202 Å². The Morgan fingerprint density at radius 3 is 2.27 bits per heavy atom. The molecule has 0 unspecified atom stereocenters. The van der Waals surface area contributed by atoms with Gasteiger partial charge in [0.15, 0.2) is 5.11 Å². The lowest BCUT2D eigenvalue weighted by Gasteiger charge is -2.36. The van der Waals surface area contributed by atoms with Crippen LogP contribution in [0.5, 0.6) is 0 Å². The van der Waals surface area contributed by atoms with E-state index in [1.54, 1.807) is 32.9 Å². The van der Waals surface area contributed by atoms with Crippen molar-refractivity contribution in [2.75, 3.05) is 44.7 Å². The van der Waals surface area contributed by atoms with Crippen LogP contribution in [0.1, 0.15) is 45.0 Å². The highest BCUT2D eigenvalue weighted by Gasteiger charge is 2.28. The Bertz CT molecular complexity index is 1000. The summed E-state index contributed by atoms with van der Waals surface area (Å²) in [6, 6.07) is 6.54. The first-order chi connectivity index (χ1) is 15.8. The number of carbonyl (C=O) groups is 2. The Kier molecular flexibility index (Phi) is 8.76. The van der Waals surface area contributed by atoms with Crippen LogP contribution in [0.3, 0.4) is 0 Å². The van der Waals surface area contributed by atoms with Gasteiger partial charge in [0.25, 0.3) is 0 Å². The highest BCUT2D eigenvalue weighted by molar-refractivity contribution is 7.80. The van der Waals surface area contributed by atoms with E-state index in [9.17, 15) is 14.0 Å². The van der Waals surface area contributed by atoms with Crippen molar-refractivity contribution >= 4 is 45.6 Å². The fraction of sp³-hybridized carbons (Fsp3) is 0.435. The van der Waals surface area contributed by atoms with Crippen molar-refractivity contribution in [3.63, 3.8) is 0 Å². The van der Waals surface area contributed by atoms with Crippen molar-refractivity contribution in [2.24, 2.45) is 0 Å². The van der Waals surface area contributed by atoms with Gasteiger partial charge in [0.1, 0.15) is 15.7 Å². The Morgan fingerprint density at radius 2 is 1.67 bits per heavy atom. The summed E-state index contributed by atoms with van der Waals surface area (Å²) >= 11 is 6.75. The summed E-state index contributed by atoms with van der Waals surface area (Å²) in [7, 11) is 0. The molecule has 1 N–H and O–H groups in total. The molecule has 3 rings (SSSR count). The quantitative estimate of drug-likeness (QED) is 0.457. The molecule has 0 amide bonds. The lowest BCUT2D eigenvalue weighted by Crippen LogP contribution is -2.49. The molecular weight excluding hydrogens is 465 g/mol. The topological polar surface area (TPSA) is 71.1 Å². The van der Waals surface area contributed by atoms with Gasteiger partial charge in [0.2, 0.25) is 0 Å². The minimum atomic E-state index is -0.504. The number of rotatable bonds is 7. The number of hydrogen-bond acceptors (Lipinski definition) is 7. The first kappa shape index (κ1) is 25.1. The number of thiocarbonyl (C=S) groups is 1. The normalized spacial score (nSPS) is 14.1. The lowest BCUT2D eigenvalue weighted by atomic mass is 10.1. The predicted molar refractivity (Wildman–Crippen MR) is 130 cm³/mol. The molecule has 2 aromatic rings. The van der Waals surface area contributed by atoms with E-state index in [1.165, 1.54) is 12.1 Å². The van der Waals surface area contributed by atoms with Crippen molar-refractivity contribution in [1.82, 2.24) is 9.80 Å². The van der Waals surface area contributed by atoms with Crippen molar-refractivity contribution in [2.45, 2.75) is 27.3 Å². The van der Waals surface area contributed by atoms with Crippen LogP contribution in [-0.4, -0.2) is 66.2 Å². The van der Waals surface area contributed by atoms with Crippen LogP contribution in [-0.2, 0) is 16.0 Å². The largest absolute Gasteiger partial charge is 0.462 e. The zero-order valence-electron chi connectivity index (χ0n) is 19.0. The fourth-order valence-electron chi connectivity index (χ4n) is 3.58. The van der Waals surface area contributed by atoms with E-state index in [1.807, 2.05) is 4.90 Å². The van der Waals surface area contributed by atoms with Gasteiger partial charge in [-0.25, -0.2) is 14.0 Å². The monoisotopic (exact) mass is 493 g/mol. The Hall–Kier alpha value is -2.56. The summed E-state index contributed by atoms with van der Waals surface area (Å²) in [5.74, 6) is -1.22. The third-order valence-electron chi connectivity index (χ3n) is 5.29. The van der Waals surface area contributed by atoms with Crippen LogP contribution in [0.2, 0.25) is 0 Å². The molecule has 0 bridgehead atoms. The number of nitrogens with one attached hydrogen (secondary N) is 1. The third-order valence-corrected chi connectivity index (χ3v) is 6.83. The molecule has 0 aliphatic carbocycles. The van der Waals surface area contributed by atoms with Gasteiger partial charge in [-0.3, -0.25) is 4.90 Å². The Morgan fingerprint density at radius 1 is 1.06 bits per heavy atom. The maximum Gasteiger partial charge on any atom is 0.348 e. The van der Waals surface area contributed by atoms with Crippen molar-refractivity contribution in [1.29, 1.82) is 0 Å². The summed E-state index contributed by atoms with van der Waals surface area (Å²) in [6.45, 7) is 9.38. The van der Waals surface area contributed by atoms with Crippen LogP contribution in [0.25, 0.3) is 0 Å². The molecule has 7 nitrogen and oxygen atoms in total. The number of halogens is 1. The minimum Gasteiger partial charge on any atom is -0.462 e. The van der Waals surface area contributed by atoms with Crippen LogP contribution >= 0.6 is 23.6 Å². The zero-order valence-corrected chi connectivity index (χ0v) is 20.6. The molecule has 0 atom stereocenters. The van der Waals surface area contributed by atoms with Crippen molar-refractivity contribution < 1.29 is 23.5 Å². The number of hydrogen-bond donors (Lipinski definition) is 1. The number of nitrogens with zero attached hydrogens (tertiary/aromatic N) is 2. The highest BCUT2D eigenvalue weighted by Crippen LogP contribution is 2.34. The lowest BCUT2D eigenvalue weighted by molar-refractivity contribution is 0.0527. The van der Waals surface area contributed by atoms with Gasteiger partial charge < -0.3 is 19.7 Å². The number of esters is 2. The molecule has 0 saturated carbocycles. The SMILES string of the molecule is CCOC(=O)c1sc(NC(=S)N2CCN(Cc3ccc(F)cc3)CC2)c(C(=O)OCC)c1C. The molecule has 1 aromatic carbocycles. The molecule has 1 fully saturated rings. The second-order valence-corrected chi connectivity index (χ2v) is 8.93. The van der Waals surface area contributed by atoms with E-state index in [4.69, 9.17) is 21.7 Å². The first-order valence-electron chi connectivity index (χ1n) is 10.8. The molecule has 10 heteroatoms. The number of ether oxygens (including phenoxy) is 2. The average molecular weight is 494 g/mol. The molecule has 33 heavy (non-hydrogen) atoms. The minimum absolute atomic E-state index is 0.225. The molecule has 1 aliphatic heterocycles. The van der Waals surface area contributed by atoms with E-state index in [-0.39, 0.29) is 19.0 Å². The maximum atomic E-state index is 13.1. The summed E-state index contributed by atoms with van der Waals surface area (Å²) in [5, 5.41) is 4.12. The van der Waals surface area contributed by atoms with Gasteiger partial charge in [-0.15, -0.1) is 11.3 Å². The van der Waals surface area contributed by atoms with Gasteiger partial charge in [-0.05, 0) is 56.2 Å². The molecule has 178 valence electrons. The summed E-state index contributed by atoms with van der Waals surface area (Å²) in [6.07, 6.45) is 0. The maximum absolute atomic E-state index is 13.1. The number of carbonyl (C=O) groups excluding carboxylic acids is 2. The molecule has 0 radical (unpaired) electrons. The molecule has 0 spiro atoms. The number of piperazine rings is 1. The molecule has 1 aliphatic rings. The van der Waals surface area contributed by atoms with Crippen LogP contribution in [0.15, 0.2) is 24.3 Å². The highest BCUT2D eigenvalue weighted by atomic mass is 32.1. The van der Waals surface area contributed by atoms with E-state index in [0.717, 1.165) is 36.5 Å². The van der Waals surface area contributed by atoms with Crippen LogP contribution in [0, 0.1) is 12.7 Å². The van der Waals surface area contributed by atoms with E-state index in [0.29, 0.717) is 39.2 Å². The summed E-state index contributed by atoms with van der Waals surface area (Å²) in [5.41, 5.74) is 1.89. The van der Waals surface area contributed by atoms with Gasteiger partial charge >= 0.3 is 11.9 Å². The van der Waals surface area contributed by atoms with Gasteiger partial charge in [0, 0.05) is 32.7 Å². The summed E-state index contributed by atoms with van der Waals surface area (Å²) < 4.78 is 23.4. The van der Waals surface area contributed by atoms with E-state index >= 15 is 0 Å². The van der Waals surface area contributed by atoms with E-state index < -0.39 is 11.9 Å². The fourth-order valence-corrected chi connectivity index (χ4v) is 5.01. The standard InChI is InChI=1S/C23H28FN3O4S2/c1-4-30-21(28)18-15(3)19(22(29)31-5-2)33-20(18)25-23(32)27-12-10-26(11-13-27)14-16-6-8-17(24)9-7-16/h6-9H,4-5,10-14H2,1-3H3,(H,25,32). The third kappa shape index (κ3) is 6.27. The number of anilines is 1. The summed E-state index contributed by atoms with van der Waals surface area (Å²) in [4.78, 5) is 29.6. The van der Waals surface area contributed by atoms with Crippen LogP contribution < -0.4 is 5.32 Å². The molecule has 2 heterocycles. The molecule has 1 saturated heterocycles. The average Bonchev–Trinajstić information content (AvgIpc) is 3.12. The number of benzene rings is 1. The number of thiophene rings is 1. The molecular formula is C23H28FN3O4S2. The zero-order chi connectivity index (χ0) is 24.0. The first-order valence-corrected chi connectivity index (χ1v) is 12.1. The Balaban J connectivity index is 1.66. The second kappa shape index (κ2) is 11.5. The van der Waals surface area contributed by atoms with Crippen molar-refractivity contribution in [3.8, 4) is 0 Å². The van der Waals surface area contributed by atoms with Crippen molar-refractivity contribution in [3.05, 3.63) is 51.7 Å². The predicted octanol–water partition coefficient (Wildman–Crippen LogP) is 4.06. The second-order valence-electron chi connectivity index (χ2n) is 7.52. The molecule has 1 aromatic heterocycles. The van der Waals surface area contributed by atoms with Gasteiger partial charge in [-0.1, -0.05) is 12.1 Å². The van der Waals surface area contributed by atoms with Crippen LogP contribution in [0.4, 0.5) is 9.39 Å².